The molecule has 0 saturated carbocycles. The average Bonchev–Trinajstić information content (AvgIpc) is 2.70. The summed E-state index contributed by atoms with van der Waals surface area (Å²) in [5.74, 6) is 0.634. The Hall–Kier alpha value is -2.82. The van der Waals surface area contributed by atoms with Crippen LogP contribution in [0, 0.1) is 26.7 Å². The molecule has 3 rings (SSSR count). The Morgan fingerprint density at radius 2 is 1.64 bits per heavy atom. The second-order valence-electron chi connectivity index (χ2n) is 7.56. The Morgan fingerprint density at radius 1 is 1.00 bits per heavy atom. The van der Waals surface area contributed by atoms with Gasteiger partial charge in [0.15, 0.2) is 6.61 Å². The zero-order chi connectivity index (χ0) is 20.1. The molecule has 28 heavy (non-hydrogen) atoms. The molecule has 2 aromatic rings. The molecule has 0 unspecified atom stereocenters. The van der Waals surface area contributed by atoms with E-state index >= 15 is 0 Å². The summed E-state index contributed by atoms with van der Waals surface area (Å²) in [4.78, 5) is 26.8. The largest absolute Gasteiger partial charge is 0.484 e. The van der Waals surface area contributed by atoms with Crippen LogP contribution in [0.25, 0.3) is 0 Å². The lowest BCUT2D eigenvalue weighted by atomic mass is 9.95. The number of nitrogens with one attached hydrogen (secondary N) is 1. The Morgan fingerprint density at radius 3 is 2.32 bits per heavy atom. The van der Waals surface area contributed by atoms with Crippen molar-refractivity contribution in [2.75, 3.05) is 25.0 Å². The molecular weight excluding hydrogens is 352 g/mol. The maximum Gasteiger partial charge on any atom is 0.260 e. The maximum atomic E-state index is 12.6. The van der Waals surface area contributed by atoms with E-state index in [1.54, 1.807) is 4.90 Å². The molecule has 2 aromatic carbocycles. The molecule has 0 aromatic heterocycles. The van der Waals surface area contributed by atoms with Crippen molar-refractivity contribution in [2.45, 2.75) is 33.6 Å². The van der Waals surface area contributed by atoms with Gasteiger partial charge in [0.25, 0.3) is 5.91 Å². The van der Waals surface area contributed by atoms with E-state index < -0.39 is 0 Å². The number of aryl methyl sites for hydroxylation is 3. The molecular formula is C23H28N2O3. The smallest absolute Gasteiger partial charge is 0.260 e. The van der Waals surface area contributed by atoms with Crippen LogP contribution in [-0.2, 0) is 9.59 Å². The molecule has 148 valence electrons. The summed E-state index contributed by atoms with van der Waals surface area (Å²) in [6, 6.07) is 13.7. The van der Waals surface area contributed by atoms with Crippen LogP contribution in [0.1, 0.15) is 29.5 Å². The maximum absolute atomic E-state index is 12.6. The number of anilines is 1. The minimum atomic E-state index is -0.0676. The molecule has 1 heterocycles. The molecule has 5 nitrogen and oxygen atoms in total. The summed E-state index contributed by atoms with van der Waals surface area (Å²) < 4.78 is 5.58. The monoisotopic (exact) mass is 380 g/mol. The molecule has 0 aliphatic carbocycles. The number of carbonyl (C=O) groups is 2. The van der Waals surface area contributed by atoms with Gasteiger partial charge < -0.3 is 15.0 Å². The first-order valence-corrected chi connectivity index (χ1v) is 9.78. The summed E-state index contributed by atoms with van der Waals surface area (Å²) >= 11 is 0. The van der Waals surface area contributed by atoms with E-state index in [9.17, 15) is 9.59 Å². The number of benzene rings is 2. The number of likely N-dealkylation sites (tertiary alicyclic amines) is 1. The molecule has 0 spiro atoms. The zero-order valence-corrected chi connectivity index (χ0v) is 16.8. The molecule has 2 amide bonds. The van der Waals surface area contributed by atoms with Crippen molar-refractivity contribution in [1.29, 1.82) is 0 Å². The number of piperidine rings is 1. The van der Waals surface area contributed by atoms with Crippen LogP contribution in [-0.4, -0.2) is 36.4 Å². The molecule has 1 fully saturated rings. The van der Waals surface area contributed by atoms with Gasteiger partial charge in [-0.15, -0.1) is 0 Å². The number of hydrogen-bond donors (Lipinski definition) is 1. The van der Waals surface area contributed by atoms with Crippen LogP contribution in [0.3, 0.4) is 0 Å². The van der Waals surface area contributed by atoms with Gasteiger partial charge in [-0.25, -0.2) is 0 Å². The number of nitrogens with zero attached hydrogens (tertiary/aromatic N) is 1. The summed E-state index contributed by atoms with van der Waals surface area (Å²) in [7, 11) is 0. The van der Waals surface area contributed by atoms with E-state index in [1.165, 1.54) is 0 Å². The summed E-state index contributed by atoms with van der Waals surface area (Å²) in [6.07, 6.45) is 1.35. The molecule has 0 radical (unpaired) electrons. The molecule has 5 heteroatoms. The van der Waals surface area contributed by atoms with Crippen molar-refractivity contribution >= 4 is 17.5 Å². The molecule has 0 atom stereocenters. The fourth-order valence-electron chi connectivity index (χ4n) is 3.37. The lowest BCUT2D eigenvalue weighted by Crippen LogP contribution is -2.43. The van der Waals surface area contributed by atoms with Gasteiger partial charge in [-0.2, -0.15) is 0 Å². The predicted molar refractivity (Wildman–Crippen MR) is 111 cm³/mol. The fourth-order valence-corrected chi connectivity index (χ4v) is 3.37. The highest BCUT2D eigenvalue weighted by Crippen LogP contribution is 2.22. The molecule has 1 aliphatic rings. The van der Waals surface area contributed by atoms with Crippen molar-refractivity contribution < 1.29 is 14.3 Å². The molecule has 1 aliphatic heterocycles. The van der Waals surface area contributed by atoms with E-state index in [2.05, 4.69) is 5.32 Å². The van der Waals surface area contributed by atoms with Gasteiger partial charge in [0.1, 0.15) is 5.75 Å². The van der Waals surface area contributed by atoms with Gasteiger partial charge in [0.05, 0.1) is 0 Å². The van der Waals surface area contributed by atoms with E-state index in [-0.39, 0.29) is 24.3 Å². The average molecular weight is 380 g/mol. The third kappa shape index (κ3) is 5.12. The highest BCUT2D eigenvalue weighted by molar-refractivity contribution is 5.93. The van der Waals surface area contributed by atoms with Crippen LogP contribution < -0.4 is 10.1 Å². The third-order valence-corrected chi connectivity index (χ3v) is 5.25. The number of ether oxygens (including phenoxy) is 1. The zero-order valence-electron chi connectivity index (χ0n) is 16.8. The third-order valence-electron chi connectivity index (χ3n) is 5.25. The van der Waals surface area contributed by atoms with Crippen molar-refractivity contribution in [3.05, 3.63) is 59.2 Å². The van der Waals surface area contributed by atoms with Crippen LogP contribution in [0.15, 0.2) is 42.5 Å². The van der Waals surface area contributed by atoms with Crippen LogP contribution in [0.5, 0.6) is 5.75 Å². The first-order valence-electron chi connectivity index (χ1n) is 9.78. The highest BCUT2D eigenvalue weighted by atomic mass is 16.5. The van der Waals surface area contributed by atoms with Gasteiger partial charge in [-0.05, 0) is 62.9 Å². The van der Waals surface area contributed by atoms with E-state index in [4.69, 9.17) is 4.74 Å². The minimum absolute atomic E-state index is 0.0302. The second-order valence-corrected chi connectivity index (χ2v) is 7.56. The van der Waals surface area contributed by atoms with Gasteiger partial charge in [-0.1, -0.05) is 29.8 Å². The first kappa shape index (κ1) is 19.9. The standard InChI is InChI=1S/C23H28N2O3/c1-16-5-8-20(9-6-16)28-15-22(26)25-12-10-19(11-13-25)23(27)24-21-14-17(2)4-7-18(21)3/h4-9,14,19H,10-13,15H2,1-3H3,(H,24,27). The predicted octanol–water partition coefficient (Wildman–Crippen LogP) is 3.87. The number of rotatable bonds is 5. The Labute approximate surface area is 166 Å². The van der Waals surface area contributed by atoms with Gasteiger partial charge in [0.2, 0.25) is 5.91 Å². The summed E-state index contributed by atoms with van der Waals surface area (Å²) in [6.45, 7) is 7.21. The highest BCUT2D eigenvalue weighted by Gasteiger charge is 2.27. The lowest BCUT2D eigenvalue weighted by Gasteiger charge is -2.31. The Bertz CT molecular complexity index is 837. The molecule has 0 bridgehead atoms. The second kappa shape index (κ2) is 8.91. The minimum Gasteiger partial charge on any atom is -0.484 e. The van der Waals surface area contributed by atoms with Crippen LogP contribution in [0.2, 0.25) is 0 Å². The molecule has 1 N–H and O–H groups in total. The lowest BCUT2D eigenvalue weighted by molar-refractivity contribution is -0.136. The van der Waals surface area contributed by atoms with Crippen molar-refractivity contribution in [3.8, 4) is 5.75 Å². The first-order chi connectivity index (χ1) is 13.4. The summed E-state index contributed by atoms with van der Waals surface area (Å²) in [5, 5.41) is 3.05. The van der Waals surface area contributed by atoms with Crippen molar-refractivity contribution in [1.82, 2.24) is 4.90 Å². The summed E-state index contributed by atoms with van der Waals surface area (Å²) in [5.41, 5.74) is 4.20. The number of carbonyl (C=O) groups excluding carboxylic acids is 2. The van der Waals surface area contributed by atoms with Crippen molar-refractivity contribution in [3.63, 3.8) is 0 Å². The van der Waals surface area contributed by atoms with Crippen molar-refractivity contribution in [2.24, 2.45) is 5.92 Å². The van der Waals surface area contributed by atoms with E-state index in [0.29, 0.717) is 31.7 Å². The topological polar surface area (TPSA) is 58.6 Å². The molecule has 1 saturated heterocycles. The SMILES string of the molecule is Cc1ccc(OCC(=O)N2CCC(C(=O)Nc3cc(C)ccc3C)CC2)cc1. The van der Waals surface area contributed by atoms with Crippen LogP contribution in [0.4, 0.5) is 5.69 Å². The van der Waals surface area contributed by atoms with Gasteiger partial charge in [0, 0.05) is 24.7 Å². The van der Waals surface area contributed by atoms with E-state index in [0.717, 1.165) is 22.4 Å². The Kier molecular flexibility index (Phi) is 6.34. The van der Waals surface area contributed by atoms with Crippen LogP contribution >= 0.6 is 0 Å². The van der Waals surface area contributed by atoms with E-state index in [1.807, 2.05) is 63.2 Å². The fraction of sp³-hybridized carbons (Fsp3) is 0.391. The van der Waals surface area contributed by atoms with Gasteiger partial charge >= 0.3 is 0 Å². The quantitative estimate of drug-likeness (QED) is 0.857. The van der Waals surface area contributed by atoms with Gasteiger partial charge in [-0.3, -0.25) is 9.59 Å². The number of hydrogen-bond acceptors (Lipinski definition) is 3. The normalized spacial score (nSPS) is 14.6. The number of amides is 2. The Balaban J connectivity index is 1.46.